The van der Waals surface area contributed by atoms with Gasteiger partial charge in [0.05, 0.1) is 6.10 Å². The summed E-state index contributed by atoms with van der Waals surface area (Å²) in [5.41, 5.74) is 5.38. The molecule has 8 heteroatoms. The summed E-state index contributed by atoms with van der Waals surface area (Å²) < 4.78 is 5.51. The van der Waals surface area contributed by atoms with E-state index in [1.54, 1.807) is 0 Å². The van der Waals surface area contributed by atoms with Gasteiger partial charge in [-0.2, -0.15) is 0 Å². The number of nitrogens with one attached hydrogen (secondary N) is 2. The Balaban J connectivity index is 0. The molecule has 0 spiro atoms. The first-order valence-corrected chi connectivity index (χ1v) is 11.9. The lowest BCUT2D eigenvalue weighted by molar-refractivity contribution is -0.126. The zero-order valence-corrected chi connectivity index (χ0v) is 20.2. The highest BCUT2D eigenvalue weighted by Gasteiger charge is 2.05. The van der Waals surface area contributed by atoms with E-state index in [9.17, 15) is 9.59 Å². The smallest absolute Gasteiger partial charge is 0.220 e. The van der Waals surface area contributed by atoms with Crippen LogP contribution in [0, 0.1) is 5.92 Å². The van der Waals surface area contributed by atoms with Crippen LogP contribution >= 0.6 is 0 Å². The number of carbonyl (C=O) groups is 2. The second-order valence-electron chi connectivity index (χ2n) is 8.21. The molecule has 0 rings (SSSR count). The van der Waals surface area contributed by atoms with Crippen LogP contribution in [0.4, 0.5) is 0 Å². The third-order valence-electron chi connectivity index (χ3n) is 4.56. The van der Waals surface area contributed by atoms with Crippen molar-refractivity contribution in [2.45, 2.75) is 91.1 Å². The van der Waals surface area contributed by atoms with Crippen LogP contribution < -0.4 is 16.4 Å². The molecule has 0 aromatic carbocycles. The summed E-state index contributed by atoms with van der Waals surface area (Å²) in [6, 6.07) is 0. The maximum Gasteiger partial charge on any atom is 0.220 e. The molecule has 0 radical (unpaired) electrons. The SMILES string of the molecule is CC(C)CCOC(C)CCN.O=C(CCC(=O)NCCCCCCCO)NCCCO. The Labute approximate surface area is 189 Å². The molecule has 31 heavy (non-hydrogen) atoms. The van der Waals surface area contributed by atoms with Gasteiger partial charge in [-0.15, -0.1) is 0 Å². The zero-order chi connectivity index (χ0) is 23.7. The summed E-state index contributed by atoms with van der Waals surface area (Å²) in [4.78, 5) is 22.8. The van der Waals surface area contributed by atoms with Crippen LogP contribution in [-0.4, -0.2) is 67.6 Å². The second-order valence-corrected chi connectivity index (χ2v) is 8.21. The molecular weight excluding hydrogens is 398 g/mol. The fourth-order valence-corrected chi connectivity index (χ4v) is 2.53. The van der Waals surface area contributed by atoms with E-state index in [-0.39, 0.29) is 37.9 Å². The van der Waals surface area contributed by atoms with Gasteiger partial charge in [-0.3, -0.25) is 9.59 Å². The topological polar surface area (TPSA) is 134 Å². The summed E-state index contributed by atoms with van der Waals surface area (Å²) in [5.74, 6) is 0.482. The molecule has 1 atom stereocenters. The highest BCUT2D eigenvalue weighted by Crippen LogP contribution is 2.03. The van der Waals surface area contributed by atoms with Crippen molar-refractivity contribution in [2.75, 3.05) is 39.5 Å². The summed E-state index contributed by atoms with van der Waals surface area (Å²) >= 11 is 0. The normalized spacial score (nSPS) is 11.6. The minimum atomic E-state index is -0.155. The Morgan fingerprint density at radius 1 is 0.806 bits per heavy atom. The highest BCUT2D eigenvalue weighted by molar-refractivity contribution is 5.83. The molecule has 2 amide bonds. The molecule has 1 unspecified atom stereocenters. The van der Waals surface area contributed by atoms with Gasteiger partial charge in [0.1, 0.15) is 0 Å². The van der Waals surface area contributed by atoms with Gasteiger partial charge in [0, 0.05) is 45.8 Å². The lowest BCUT2D eigenvalue weighted by atomic mass is 10.1. The summed E-state index contributed by atoms with van der Waals surface area (Å²) in [6.07, 6.45) is 8.30. The van der Waals surface area contributed by atoms with Crippen molar-refractivity contribution in [2.24, 2.45) is 11.7 Å². The van der Waals surface area contributed by atoms with Gasteiger partial charge in [-0.05, 0) is 51.5 Å². The summed E-state index contributed by atoms with van der Waals surface area (Å²) in [6.45, 7) is 9.48. The van der Waals surface area contributed by atoms with Crippen LogP contribution in [0.2, 0.25) is 0 Å². The second kappa shape index (κ2) is 25.0. The van der Waals surface area contributed by atoms with Crippen molar-refractivity contribution in [3.8, 4) is 0 Å². The molecular formula is C23H49N3O5. The lowest BCUT2D eigenvalue weighted by Crippen LogP contribution is -2.29. The molecule has 0 heterocycles. The molecule has 0 saturated heterocycles. The lowest BCUT2D eigenvalue weighted by Gasteiger charge is -2.12. The van der Waals surface area contributed by atoms with E-state index in [0.717, 1.165) is 64.0 Å². The fourth-order valence-electron chi connectivity index (χ4n) is 2.53. The van der Waals surface area contributed by atoms with E-state index >= 15 is 0 Å². The number of amides is 2. The summed E-state index contributed by atoms with van der Waals surface area (Å²) in [5, 5.41) is 22.6. The number of hydrogen-bond acceptors (Lipinski definition) is 6. The standard InChI is InChI=1S/C14H28N2O4.C9H21NO/c17-11-5-3-1-2-4-9-15-13(19)7-8-14(20)16-10-6-12-18;1-8(2)5-7-11-9(3)4-6-10/h17-18H,1-12H2,(H,15,19)(H,16,20);8-9H,4-7,10H2,1-3H3. The zero-order valence-electron chi connectivity index (χ0n) is 20.2. The molecule has 0 aromatic rings. The molecule has 0 aliphatic heterocycles. The number of aliphatic hydroxyl groups is 2. The maximum absolute atomic E-state index is 11.4. The summed E-state index contributed by atoms with van der Waals surface area (Å²) in [7, 11) is 0. The number of unbranched alkanes of at least 4 members (excludes halogenated alkanes) is 4. The van der Waals surface area contributed by atoms with Crippen LogP contribution in [0.25, 0.3) is 0 Å². The van der Waals surface area contributed by atoms with Crippen molar-refractivity contribution in [3.05, 3.63) is 0 Å². The predicted molar refractivity (Wildman–Crippen MR) is 126 cm³/mol. The maximum atomic E-state index is 11.4. The molecule has 0 aliphatic rings. The van der Waals surface area contributed by atoms with Gasteiger partial charge in [-0.25, -0.2) is 0 Å². The van der Waals surface area contributed by atoms with Crippen molar-refractivity contribution >= 4 is 11.8 Å². The van der Waals surface area contributed by atoms with Crippen molar-refractivity contribution in [3.63, 3.8) is 0 Å². The molecule has 0 bridgehead atoms. The van der Waals surface area contributed by atoms with E-state index in [4.69, 9.17) is 20.7 Å². The van der Waals surface area contributed by atoms with Crippen molar-refractivity contribution in [1.82, 2.24) is 10.6 Å². The minimum absolute atomic E-state index is 0.0546. The Morgan fingerprint density at radius 2 is 1.32 bits per heavy atom. The van der Waals surface area contributed by atoms with Gasteiger partial charge in [0.25, 0.3) is 0 Å². The first kappa shape index (κ1) is 32.0. The first-order chi connectivity index (χ1) is 14.9. The monoisotopic (exact) mass is 447 g/mol. The molecule has 0 aromatic heterocycles. The van der Waals surface area contributed by atoms with E-state index in [0.29, 0.717) is 25.6 Å². The molecule has 8 nitrogen and oxygen atoms in total. The number of aliphatic hydroxyl groups excluding tert-OH is 2. The van der Waals surface area contributed by atoms with E-state index in [2.05, 4.69) is 31.4 Å². The van der Waals surface area contributed by atoms with Crippen LogP contribution in [0.1, 0.15) is 85.0 Å². The molecule has 6 N–H and O–H groups in total. The fraction of sp³-hybridized carbons (Fsp3) is 0.913. The predicted octanol–water partition coefficient (Wildman–Crippen LogP) is 2.11. The van der Waals surface area contributed by atoms with E-state index in [1.807, 2.05) is 0 Å². The Hall–Kier alpha value is -1.22. The highest BCUT2D eigenvalue weighted by atomic mass is 16.5. The number of hydrogen-bond donors (Lipinski definition) is 5. The number of carbonyl (C=O) groups excluding carboxylic acids is 2. The average molecular weight is 448 g/mol. The van der Waals surface area contributed by atoms with Crippen LogP contribution in [0.3, 0.4) is 0 Å². The van der Waals surface area contributed by atoms with Gasteiger partial charge in [-0.1, -0.05) is 33.1 Å². The number of rotatable bonds is 19. The average Bonchev–Trinajstić information content (AvgIpc) is 2.72. The van der Waals surface area contributed by atoms with Crippen LogP contribution in [0.15, 0.2) is 0 Å². The van der Waals surface area contributed by atoms with Crippen LogP contribution in [-0.2, 0) is 14.3 Å². The first-order valence-electron chi connectivity index (χ1n) is 11.9. The van der Waals surface area contributed by atoms with Crippen molar-refractivity contribution < 1.29 is 24.5 Å². The number of ether oxygens (including phenoxy) is 1. The Bertz CT molecular complexity index is 409. The third-order valence-corrected chi connectivity index (χ3v) is 4.56. The largest absolute Gasteiger partial charge is 0.396 e. The number of nitrogens with two attached hydrogens (primary N) is 1. The van der Waals surface area contributed by atoms with Gasteiger partial charge < -0.3 is 31.3 Å². The van der Waals surface area contributed by atoms with E-state index in [1.165, 1.54) is 0 Å². The van der Waals surface area contributed by atoms with Crippen LogP contribution in [0.5, 0.6) is 0 Å². The Morgan fingerprint density at radius 3 is 1.84 bits per heavy atom. The Kier molecular flexibility index (Phi) is 25.8. The minimum Gasteiger partial charge on any atom is -0.396 e. The van der Waals surface area contributed by atoms with E-state index < -0.39 is 0 Å². The van der Waals surface area contributed by atoms with Crippen molar-refractivity contribution in [1.29, 1.82) is 0 Å². The quantitative estimate of drug-likeness (QED) is 0.193. The van der Waals surface area contributed by atoms with Gasteiger partial charge in [0.2, 0.25) is 11.8 Å². The van der Waals surface area contributed by atoms with Gasteiger partial charge in [0.15, 0.2) is 0 Å². The molecule has 0 aliphatic carbocycles. The third kappa shape index (κ3) is 28.8. The molecule has 186 valence electrons. The molecule has 0 fully saturated rings. The molecule has 0 saturated carbocycles. The van der Waals surface area contributed by atoms with Gasteiger partial charge >= 0.3 is 0 Å².